The van der Waals surface area contributed by atoms with Crippen LogP contribution in [0.4, 0.5) is 5.13 Å². The molecule has 0 unspecified atom stereocenters. The molecule has 2 aromatic heterocycles. The number of nitrogens with one attached hydrogen (secondary N) is 1. The third kappa shape index (κ3) is 3.60. The molecular weight excluding hydrogens is 308 g/mol. The zero-order valence-electron chi connectivity index (χ0n) is 11.0. The molecule has 0 aliphatic carbocycles. The molecule has 3 aromatic rings. The molecular formula is C15H15ClN2S2. The molecule has 20 heavy (non-hydrogen) atoms. The van der Waals surface area contributed by atoms with Gasteiger partial charge in [0.05, 0.1) is 10.6 Å². The monoisotopic (exact) mass is 322 g/mol. The first-order valence-electron chi connectivity index (χ1n) is 6.11. The van der Waals surface area contributed by atoms with Gasteiger partial charge in [-0.2, -0.15) is 0 Å². The maximum Gasteiger partial charge on any atom is 0.183 e. The quantitative estimate of drug-likeness (QED) is 0.712. The molecule has 0 aliphatic rings. The largest absolute Gasteiger partial charge is 0.357 e. The number of hydrogen-bond donors (Lipinski definition) is 1. The van der Waals surface area contributed by atoms with Crippen LogP contribution in [0.2, 0.25) is 0 Å². The van der Waals surface area contributed by atoms with E-state index in [1.54, 1.807) is 22.7 Å². The van der Waals surface area contributed by atoms with E-state index >= 15 is 0 Å². The van der Waals surface area contributed by atoms with Gasteiger partial charge in [0.2, 0.25) is 0 Å². The van der Waals surface area contributed by atoms with Crippen molar-refractivity contribution >= 4 is 40.2 Å². The summed E-state index contributed by atoms with van der Waals surface area (Å²) in [6.45, 7) is 2.94. The smallest absolute Gasteiger partial charge is 0.183 e. The highest BCUT2D eigenvalue weighted by Gasteiger charge is 2.06. The number of rotatable bonds is 4. The second kappa shape index (κ2) is 6.88. The van der Waals surface area contributed by atoms with Gasteiger partial charge in [0.25, 0.3) is 0 Å². The van der Waals surface area contributed by atoms with Crippen molar-refractivity contribution in [3.63, 3.8) is 0 Å². The molecule has 104 valence electrons. The Balaban J connectivity index is 0.00000147. The molecule has 0 saturated carbocycles. The molecule has 2 heterocycles. The highest BCUT2D eigenvalue weighted by molar-refractivity contribution is 7.16. The van der Waals surface area contributed by atoms with Crippen molar-refractivity contribution in [3.05, 3.63) is 58.3 Å². The normalized spacial score (nSPS) is 10.1. The predicted octanol–water partition coefficient (Wildman–Crippen LogP) is 5.21. The molecule has 0 fully saturated rings. The van der Waals surface area contributed by atoms with Gasteiger partial charge < -0.3 is 5.32 Å². The van der Waals surface area contributed by atoms with Crippen LogP contribution in [0.25, 0.3) is 10.6 Å². The van der Waals surface area contributed by atoms with E-state index in [1.165, 1.54) is 15.3 Å². The van der Waals surface area contributed by atoms with E-state index in [-0.39, 0.29) is 12.4 Å². The number of benzene rings is 1. The number of aryl methyl sites for hydroxylation is 1. The summed E-state index contributed by atoms with van der Waals surface area (Å²) in [5.74, 6) is 0. The minimum Gasteiger partial charge on any atom is -0.357 e. The van der Waals surface area contributed by atoms with E-state index in [1.807, 2.05) is 6.07 Å². The number of halogens is 1. The van der Waals surface area contributed by atoms with Crippen LogP contribution >= 0.6 is 35.1 Å². The van der Waals surface area contributed by atoms with E-state index in [0.717, 1.165) is 17.4 Å². The zero-order valence-corrected chi connectivity index (χ0v) is 13.4. The maximum atomic E-state index is 4.63. The minimum absolute atomic E-state index is 0. The zero-order chi connectivity index (χ0) is 13.1. The molecule has 1 N–H and O–H groups in total. The van der Waals surface area contributed by atoms with Crippen molar-refractivity contribution in [1.82, 2.24) is 4.98 Å². The topological polar surface area (TPSA) is 24.9 Å². The van der Waals surface area contributed by atoms with Crippen molar-refractivity contribution in [3.8, 4) is 10.6 Å². The van der Waals surface area contributed by atoms with E-state index in [0.29, 0.717) is 0 Å². The summed E-state index contributed by atoms with van der Waals surface area (Å²) in [6.07, 6.45) is 0. The van der Waals surface area contributed by atoms with Gasteiger partial charge in [0, 0.05) is 16.8 Å². The van der Waals surface area contributed by atoms with E-state index in [9.17, 15) is 0 Å². The number of hydrogen-bond acceptors (Lipinski definition) is 4. The molecule has 0 bridgehead atoms. The lowest BCUT2D eigenvalue weighted by molar-refractivity contribution is 1.14. The summed E-state index contributed by atoms with van der Waals surface area (Å²) in [6, 6.07) is 14.6. The number of thiazole rings is 1. The Morgan fingerprint density at radius 1 is 1.10 bits per heavy atom. The standard InChI is InChI=1S/C15H14N2S2.ClH/c1-11-7-8-14(19-11)13-10-18-15(17-13)16-9-12-5-3-2-4-6-12;/h2-8,10H,9H2,1H3,(H,16,17);1H. The van der Waals surface area contributed by atoms with Crippen molar-refractivity contribution < 1.29 is 0 Å². The molecule has 1 aromatic carbocycles. The lowest BCUT2D eigenvalue weighted by atomic mass is 10.2. The van der Waals surface area contributed by atoms with Gasteiger partial charge >= 0.3 is 0 Å². The van der Waals surface area contributed by atoms with Crippen LogP contribution in [-0.2, 0) is 6.54 Å². The SMILES string of the molecule is Cc1ccc(-c2csc(NCc3ccccc3)n2)s1.Cl. The molecule has 3 rings (SSSR count). The first kappa shape index (κ1) is 15.0. The van der Waals surface area contributed by atoms with Crippen LogP contribution in [0.15, 0.2) is 47.8 Å². The van der Waals surface area contributed by atoms with E-state index in [4.69, 9.17) is 0 Å². The van der Waals surface area contributed by atoms with Gasteiger partial charge in [-0.15, -0.1) is 35.1 Å². The Labute approximate surface area is 132 Å². The minimum atomic E-state index is 0. The Kier molecular flexibility index (Phi) is 5.17. The van der Waals surface area contributed by atoms with Gasteiger partial charge in [0.1, 0.15) is 0 Å². The molecule has 2 nitrogen and oxygen atoms in total. The summed E-state index contributed by atoms with van der Waals surface area (Å²) in [7, 11) is 0. The molecule has 0 spiro atoms. The van der Waals surface area contributed by atoms with Crippen LogP contribution in [-0.4, -0.2) is 4.98 Å². The average Bonchev–Trinajstić information content (AvgIpc) is 3.06. The molecule has 5 heteroatoms. The van der Waals surface area contributed by atoms with E-state index < -0.39 is 0 Å². The van der Waals surface area contributed by atoms with E-state index in [2.05, 4.69) is 59.0 Å². The second-order valence-corrected chi connectivity index (χ2v) is 6.43. The number of anilines is 1. The van der Waals surface area contributed by atoms with Gasteiger partial charge in [-0.1, -0.05) is 30.3 Å². The third-order valence-corrected chi connectivity index (χ3v) is 4.61. The Morgan fingerprint density at radius 2 is 1.90 bits per heavy atom. The lowest BCUT2D eigenvalue weighted by Gasteiger charge is -2.01. The third-order valence-electron chi connectivity index (χ3n) is 2.78. The summed E-state index contributed by atoms with van der Waals surface area (Å²) in [5, 5.41) is 6.46. The summed E-state index contributed by atoms with van der Waals surface area (Å²) < 4.78 is 0. The van der Waals surface area contributed by atoms with Crippen LogP contribution in [0.3, 0.4) is 0 Å². The van der Waals surface area contributed by atoms with Gasteiger partial charge in [-0.25, -0.2) is 4.98 Å². The fourth-order valence-electron chi connectivity index (χ4n) is 1.81. The second-order valence-electron chi connectivity index (χ2n) is 4.29. The molecule has 0 saturated heterocycles. The number of nitrogens with zero attached hydrogens (tertiary/aromatic N) is 1. The first-order valence-corrected chi connectivity index (χ1v) is 7.81. The number of thiophene rings is 1. The molecule has 0 radical (unpaired) electrons. The fourth-order valence-corrected chi connectivity index (χ4v) is 3.43. The fraction of sp³-hybridized carbons (Fsp3) is 0.133. The van der Waals surface area contributed by atoms with Crippen molar-refractivity contribution in [2.24, 2.45) is 0 Å². The highest BCUT2D eigenvalue weighted by Crippen LogP contribution is 2.30. The van der Waals surface area contributed by atoms with Crippen molar-refractivity contribution in [2.75, 3.05) is 5.32 Å². The highest BCUT2D eigenvalue weighted by atomic mass is 35.5. The summed E-state index contributed by atoms with van der Waals surface area (Å²) in [4.78, 5) is 7.19. The van der Waals surface area contributed by atoms with Gasteiger partial charge in [0.15, 0.2) is 5.13 Å². The van der Waals surface area contributed by atoms with Crippen LogP contribution < -0.4 is 5.32 Å². The molecule has 0 aliphatic heterocycles. The Bertz CT molecular complexity index is 661. The van der Waals surface area contributed by atoms with Crippen molar-refractivity contribution in [2.45, 2.75) is 13.5 Å². The van der Waals surface area contributed by atoms with Gasteiger partial charge in [-0.05, 0) is 24.6 Å². The summed E-state index contributed by atoms with van der Waals surface area (Å²) >= 11 is 3.44. The van der Waals surface area contributed by atoms with Gasteiger partial charge in [-0.3, -0.25) is 0 Å². The molecule has 0 atom stereocenters. The first-order chi connectivity index (χ1) is 9.31. The molecule has 0 amide bonds. The van der Waals surface area contributed by atoms with Crippen LogP contribution in [0.1, 0.15) is 10.4 Å². The lowest BCUT2D eigenvalue weighted by Crippen LogP contribution is -1.98. The Hall–Kier alpha value is -1.36. The Morgan fingerprint density at radius 3 is 2.60 bits per heavy atom. The van der Waals surface area contributed by atoms with Crippen molar-refractivity contribution in [1.29, 1.82) is 0 Å². The maximum absolute atomic E-state index is 4.63. The van der Waals surface area contributed by atoms with Crippen LogP contribution in [0.5, 0.6) is 0 Å². The predicted molar refractivity (Wildman–Crippen MR) is 91.2 cm³/mol. The van der Waals surface area contributed by atoms with Crippen LogP contribution in [0, 0.1) is 6.92 Å². The number of aromatic nitrogens is 1. The average molecular weight is 323 g/mol. The summed E-state index contributed by atoms with van der Waals surface area (Å²) in [5.41, 5.74) is 2.34.